The lowest BCUT2D eigenvalue weighted by atomic mass is 9.99. The van der Waals surface area contributed by atoms with E-state index >= 15 is 0 Å². The quantitative estimate of drug-likeness (QED) is 0.509. The van der Waals surface area contributed by atoms with E-state index < -0.39 is 4.92 Å². The predicted octanol–water partition coefficient (Wildman–Crippen LogP) is 2.18. The van der Waals surface area contributed by atoms with Crippen molar-refractivity contribution in [3.8, 4) is 0 Å². The lowest BCUT2D eigenvalue weighted by Crippen LogP contribution is -2.36. The Labute approximate surface area is 122 Å². The normalized spacial score (nSPS) is 17.1. The van der Waals surface area contributed by atoms with Crippen LogP contribution in [0.3, 0.4) is 0 Å². The van der Waals surface area contributed by atoms with Crippen LogP contribution < -0.4 is 5.32 Å². The number of aromatic nitrogens is 2. The van der Waals surface area contributed by atoms with Gasteiger partial charge >= 0.3 is 5.69 Å². The highest BCUT2D eigenvalue weighted by Crippen LogP contribution is 2.28. The molecule has 0 saturated carbocycles. The van der Waals surface area contributed by atoms with E-state index in [4.69, 9.17) is 11.6 Å². The maximum Gasteiger partial charge on any atom is 0.348 e. The first-order valence-corrected chi connectivity index (χ1v) is 7.07. The molecule has 1 fully saturated rings. The molecular formula is C12H18ClN5O2. The van der Waals surface area contributed by atoms with Gasteiger partial charge in [-0.25, -0.2) is 9.97 Å². The molecule has 20 heavy (non-hydrogen) atoms. The Balaban J connectivity index is 1.88. The molecule has 1 aliphatic heterocycles. The van der Waals surface area contributed by atoms with Gasteiger partial charge in [0.05, 0.1) is 4.92 Å². The molecule has 0 radical (unpaired) electrons. The summed E-state index contributed by atoms with van der Waals surface area (Å²) in [4.78, 5) is 20.2. The molecule has 1 aromatic heterocycles. The number of halogens is 1. The molecule has 0 aromatic carbocycles. The van der Waals surface area contributed by atoms with E-state index in [1.807, 2.05) is 0 Å². The molecule has 0 spiro atoms. The molecule has 2 heterocycles. The van der Waals surface area contributed by atoms with Crippen molar-refractivity contribution in [1.82, 2.24) is 14.9 Å². The summed E-state index contributed by atoms with van der Waals surface area (Å²) in [6.07, 6.45) is 3.64. The Morgan fingerprint density at radius 3 is 2.85 bits per heavy atom. The van der Waals surface area contributed by atoms with Crippen LogP contribution in [0.2, 0.25) is 5.15 Å². The van der Waals surface area contributed by atoms with Crippen molar-refractivity contribution >= 4 is 23.1 Å². The number of hydrogen-bond acceptors (Lipinski definition) is 6. The van der Waals surface area contributed by atoms with Gasteiger partial charge in [-0.1, -0.05) is 18.5 Å². The Kier molecular flexibility index (Phi) is 5.08. The first kappa shape index (κ1) is 14.9. The molecule has 110 valence electrons. The zero-order valence-electron chi connectivity index (χ0n) is 11.4. The molecule has 0 atom stereocenters. The van der Waals surface area contributed by atoms with Gasteiger partial charge in [-0.05, 0) is 31.8 Å². The van der Waals surface area contributed by atoms with Crippen molar-refractivity contribution in [3.05, 3.63) is 21.6 Å². The molecule has 2 rings (SSSR count). The van der Waals surface area contributed by atoms with Gasteiger partial charge in [-0.15, -0.1) is 0 Å². The van der Waals surface area contributed by atoms with Crippen molar-refractivity contribution in [1.29, 1.82) is 0 Å². The first-order chi connectivity index (χ1) is 9.58. The minimum atomic E-state index is -0.562. The molecule has 0 unspecified atom stereocenters. The molecule has 8 heteroatoms. The summed E-state index contributed by atoms with van der Waals surface area (Å²) in [5.41, 5.74) is -0.263. The standard InChI is InChI=1S/C12H18ClN5O2/c1-9-2-5-17(6-3-9)7-4-14-12-10(18(19)20)11(13)15-8-16-12/h8-9H,2-7H2,1H3,(H,14,15,16). The summed E-state index contributed by atoms with van der Waals surface area (Å²) in [6, 6.07) is 0. The van der Waals surface area contributed by atoms with E-state index in [1.165, 1.54) is 19.2 Å². The summed E-state index contributed by atoms with van der Waals surface area (Å²) >= 11 is 5.72. The van der Waals surface area contributed by atoms with Crippen LogP contribution in [0.4, 0.5) is 11.5 Å². The SMILES string of the molecule is CC1CCN(CCNc2ncnc(Cl)c2[N+](=O)[O-])CC1. The minimum absolute atomic E-state index is 0.140. The van der Waals surface area contributed by atoms with Crippen LogP contribution in [0.15, 0.2) is 6.33 Å². The van der Waals surface area contributed by atoms with E-state index in [0.717, 1.165) is 25.6 Å². The van der Waals surface area contributed by atoms with Crippen LogP contribution in [0.25, 0.3) is 0 Å². The van der Waals surface area contributed by atoms with Crippen LogP contribution in [0.5, 0.6) is 0 Å². The van der Waals surface area contributed by atoms with Crippen LogP contribution in [0, 0.1) is 16.0 Å². The predicted molar refractivity (Wildman–Crippen MR) is 77.0 cm³/mol. The summed E-state index contributed by atoms with van der Waals surface area (Å²) < 4.78 is 0. The molecule has 1 aromatic rings. The fourth-order valence-electron chi connectivity index (χ4n) is 2.27. The van der Waals surface area contributed by atoms with Crippen molar-refractivity contribution in [2.75, 3.05) is 31.5 Å². The van der Waals surface area contributed by atoms with Gasteiger partial charge in [0.15, 0.2) is 0 Å². The van der Waals surface area contributed by atoms with E-state index in [2.05, 4.69) is 27.1 Å². The smallest absolute Gasteiger partial charge is 0.348 e. The summed E-state index contributed by atoms with van der Waals surface area (Å²) in [5, 5.41) is 13.8. The highest BCUT2D eigenvalue weighted by molar-refractivity contribution is 6.31. The second-order valence-corrected chi connectivity index (χ2v) is 5.43. The third-order valence-corrected chi connectivity index (χ3v) is 3.83. The van der Waals surface area contributed by atoms with Gasteiger partial charge in [-0.3, -0.25) is 10.1 Å². The number of nitrogens with zero attached hydrogens (tertiary/aromatic N) is 4. The van der Waals surface area contributed by atoms with Gasteiger partial charge < -0.3 is 10.2 Å². The van der Waals surface area contributed by atoms with E-state index in [9.17, 15) is 10.1 Å². The van der Waals surface area contributed by atoms with E-state index in [-0.39, 0.29) is 16.7 Å². The van der Waals surface area contributed by atoms with Crippen LogP contribution in [-0.2, 0) is 0 Å². The van der Waals surface area contributed by atoms with Crippen molar-refractivity contribution in [3.63, 3.8) is 0 Å². The van der Waals surface area contributed by atoms with Crippen molar-refractivity contribution < 1.29 is 4.92 Å². The topological polar surface area (TPSA) is 84.2 Å². The third-order valence-electron chi connectivity index (χ3n) is 3.56. The second-order valence-electron chi connectivity index (χ2n) is 5.07. The highest BCUT2D eigenvalue weighted by atomic mass is 35.5. The lowest BCUT2D eigenvalue weighted by molar-refractivity contribution is -0.384. The van der Waals surface area contributed by atoms with Crippen LogP contribution in [-0.4, -0.2) is 46.0 Å². The van der Waals surface area contributed by atoms with Gasteiger partial charge in [0.1, 0.15) is 6.33 Å². The number of likely N-dealkylation sites (tertiary alicyclic amines) is 1. The molecule has 1 N–H and O–H groups in total. The molecule has 0 aliphatic carbocycles. The Bertz CT molecular complexity index is 477. The summed E-state index contributed by atoms with van der Waals surface area (Å²) in [7, 11) is 0. The number of rotatable bonds is 5. The van der Waals surface area contributed by atoms with E-state index in [0.29, 0.717) is 6.54 Å². The maximum atomic E-state index is 10.9. The fraction of sp³-hybridized carbons (Fsp3) is 0.667. The number of hydrogen-bond donors (Lipinski definition) is 1. The van der Waals surface area contributed by atoms with Crippen LogP contribution in [0.1, 0.15) is 19.8 Å². The molecule has 0 amide bonds. The Morgan fingerprint density at radius 2 is 2.20 bits per heavy atom. The zero-order valence-corrected chi connectivity index (χ0v) is 12.1. The van der Waals surface area contributed by atoms with Crippen LogP contribution >= 0.6 is 11.6 Å². The molecule has 1 aliphatic rings. The second kappa shape index (κ2) is 6.81. The van der Waals surface area contributed by atoms with Crippen molar-refractivity contribution in [2.45, 2.75) is 19.8 Å². The largest absolute Gasteiger partial charge is 0.363 e. The van der Waals surface area contributed by atoms with Gasteiger partial charge in [-0.2, -0.15) is 0 Å². The number of anilines is 1. The molecular weight excluding hydrogens is 282 g/mol. The van der Waals surface area contributed by atoms with Gasteiger partial charge in [0.25, 0.3) is 0 Å². The minimum Gasteiger partial charge on any atom is -0.363 e. The molecule has 1 saturated heterocycles. The highest BCUT2D eigenvalue weighted by Gasteiger charge is 2.21. The number of nitrogens with one attached hydrogen (secondary N) is 1. The van der Waals surface area contributed by atoms with Gasteiger partial charge in [0, 0.05) is 13.1 Å². The third kappa shape index (κ3) is 3.77. The molecule has 7 nitrogen and oxygen atoms in total. The van der Waals surface area contributed by atoms with E-state index in [1.54, 1.807) is 0 Å². The average molecular weight is 300 g/mol. The van der Waals surface area contributed by atoms with Crippen molar-refractivity contribution in [2.24, 2.45) is 5.92 Å². The lowest BCUT2D eigenvalue weighted by Gasteiger charge is -2.30. The maximum absolute atomic E-state index is 10.9. The summed E-state index contributed by atoms with van der Waals surface area (Å²) in [5.74, 6) is 0.973. The number of nitro groups is 1. The fourth-order valence-corrected chi connectivity index (χ4v) is 2.47. The first-order valence-electron chi connectivity index (χ1n) is 6.69. The molecule has 0 bridgehead atoms. The zero-order chi connectivity index (χ0) is 14.5. The average Bonchev–Trinajstić information content (AvgIpc) is 2.40. The van der Waals surface area contributed by atoms with Gasteiger partial charge in [0.2, 0.25) is 11.0 Å². The monoisotopic (exact) mass is 299 g/mol. The summed E-state index contributed by atoms with van der Waals surface area (Å²) in [6.45, 7) is 5.86. The Morgan fingerprint density at radius 1 is 1.50 bits per heavy atom. The number of piperidine rings is 1. The Hall–Kier alpha value is -1.47.